The molecular weight excluding hydrogens is 240 g/mol. The molecule has 0 saturated heterocycles. The first-order valence-electron chi connectivity index (χ1n) is 3.67. The fourth-order valence-corrected chi connectivity index (χ4v) is 0.629. The van der Waals surface area contributed by atoms with Crippen molar-refractivity contribution in [2.24, 2.45) is 0 Å². The monoisotopic (exact) mass is 250 g/mol. The van der Waals surface area contributed by atoms with Gasteiger partial charge in [0.2, 0.25) is 0 Å². The minimum absolute atomic E-state index is 0.0371. The molecule has 1 unspecified atom stereocenters. The Labute approximate surface area is 84.7 Å². The average Bonchev–Trinajstić information content (AvgIpc) is 2.03. The van der Waals surface area contributed by atoms with Gasteiger partial charge in [0.1, 0.15) is 4.83 Å². The summed E-state index contributed by atoms with van der Waals surface area (Å²) in [6, 6.07) is 0. The second-order valence-electron chi connectivity index (χ2n) is 2.44. The zero-order valence-corrected chi connectivity index (χ0v) is 8.83. The normalized spacial score (nSPS) is 11.8. The Morgan fingerprint density at radius 3 is 2.54 bits per heavy atom. The number of alkyl halides is 1. The molecule has 0 amide bonds. The maximum absolute atomic E-state index is 10.8. The molecule has 5 heteroatoms. The van der Waals surface area contributed by atoms with Crippen LogP contribution in [0, 0.1) is 0 Å². The lowest BCUT2D eigenvalue weighted by Gasteiger charge is -2.05. The molecule has 1 N–H and O–H groups in total. The highest BCUT2D eigenvalue weighted by Crippen LogP contribution is 2.03. The predicted octanol–water partition coefficient (Wildman–Crippen LogP) is 1.34. The lowest BCUT2D eigenvalue weighted by molar-refractivity contribution is -0.143. The van der Waals surface area contributed by atoms with E-state index < -0.39 is 11.9 Å². The van der Waals surface area contributed by atoms with Gasteiger partial charge in [0.05, 0.1) is 6.61 Å². The van der Waals surface area contributed by atoms with Crippen LogP contribution in [0.3, 0.4) is 0 Å². The Morgan fingerprint density at radius 1 is 1.62 bits per heavy atom. The van der Waals surface area contributed by atoms with Crippen molar-refractivity contribution in [2.45, 2.75) is 18.2 Å². The van der Waals surface area contributed by atoms with Gasteiger partial charge in [-0.3, -0.25) is 4.79 Å². The summed E-state index contributed by atoms with van der Waals surface area (Å²) in [5.74, 6) is -1.47. The number of carbonyl (C=O) groups is 2. The van der Waals surface area contributed by atoms with Crippen LogP contribution in [0.1, 0.15) is 13.3 Å². The number of carbonyl (C=O) groups excluding carboxylic acids is 1. The molecule has 0 aromatic carbocycles. The van der Waals surface area contributed by atoms with E-state index in [1.807, 2.05) is 0 Å². The molecule has 0 spiro atoms. The molecule has 0 bridgehead atoms. The summed E-state index contributed by atoms with van der Waals surface area (Å²) in [4.78, 5) is 20.7. The summed E-state index contributed by atoms with van der Waals surface area (Å²) >= 11 is 3.02. The number of hydrogen-bond donors (Lipinski definition) is 1. The van der Waals surface area contributed by atoms with Crippen molar-refractivity contribution in [3.63, 3.8) is 0 Å². The van der Waals surface area contributed by atoms with Crippen molar-refractivity contribution in [3.05, 3.63) is 12.2 Å². The molecule has 0 aliphatic rings. The number of rotatable bonds is 5. The molecule has 0 aromatic rings. The third-order valence-electron chi connectivity index (χ3n) is 1.28. The van der Waals surface area contributed by atoms with Crippen molar-refractivity contribution >= 4 is 27.9 Å². The Bertz CT molecular complexity index is 222. The number of halogens is 1. The van der Waals surface area contributed by atoms with Gasteiger partial charge in [0, 0.05) is 12.0 Å². The predicted molar refractivity (Wildman–Crippen MR) is 50.7 cm³/mol. The van der Waals surface area contributed by atoms with E-state index in [4.69, 9.17) is 9.84 Å². The second-order valence-corrected chi connectivity index (χ2v) is 3.82. The topological polar surface area (TPSA) is 63.6 Å². The van der Waals surface area contributed by atoms with Crippen LogP contribution in [-0.4, -0.2) is 28.5 Å². The van der Waals surface area contributed by atoms with Crippen molar-refractivity contribution in [3.8, 4) is 0 Å². The van der Waals surface area contributed by atoms with Crippen LogP contribution in [0.25, 0.3) is 0 Å². The fourth-order valence-electron chi connectivity index (χ4n) is 0.497. The second kappa shape index (κ2) is 5.75. The summed E-state index contributed by atoms with van der Waals surface area (Å²) < 4.78 is 4.71. The summed E-state index contributed by atoms with van der Waals surface area (Å²) in [6.07, 6.45) is 0.154. The minimum Gasteiger partial charge on any atom is -0.478 e. The van der Waals surface area contributed by atoms with E-state index >= 15 is 0 Å². The fraction of sp³-hybridized carbons (Fsp3) is 0.500. The summed E-state index contributed by atoms with van der Waals surface area (Å²) in [7, 11) is 0. The van der Waals surface area contributed by atoms with Crippen molar-refractivity contribution in [2.75, 3.05) is 6.61 Å². The van der Waals surface area contributed by atoms with Gasteiger partial charge in [-0.05, 0) is 6.92 Å². The van der Waals surface area contributed by atoms with Gasteiger partial charge in [0.15, 0.2) is 0 Å². The molecule has 0 heterocycles. The van der Waals surface area contributed by atoms with Gasteiger partial charge >= 0.3 is 11.9 Å². The van der Waals surface area contributed by atoms with E-state index in [0.717, 1.165) is 0 Å². The molecule has 13 heavy (non-hydrogen) atoms. The van der Waals surface area contributed by atoms with Crippen LogP contribution in [0.2, 0.25) is 0 Å². The molecule has 0 radical (unpaired) electrons. The van der Waals surface area contributed by atoms with Gasteiger partial charge in [-0.25, -0.2) is 4.79 Å². The quantitative estimate of drug-likeness (QED) is 0.455. The van der Waals surface area contributed by atoms with Gasteiger partial charge in [-0.2, -0.15) is 0 Å². The Balaban J connectivity index is 3.63. The molecule has 1 atom stereocenters. The summed E-state index contributed by atoms with van der Waals surface area (Å²) in [6.45, 7) is 4.98. The zero-order valence-electron chi connectivity index (χ0n) is 7.25. The van der Waals surface area contributed by atoms with Crippen molar-refractivity contribution in [1.82, 2.24) is 0 Å². The Morgan fingerprint density at radius 2 is 2.15 bits per heavy atom. The van der Waals surface area contributed by atoms with E-state index in [2.05, 4.69) is 22.5 Å². The van der Waals surface area contributed by atoms with Crippen LogP contribution in [0.5, 0.6) is 0 Å². The highest BCUT2D eigenvalue weighted by atomic mass is 79.9. The van der Waals surface area contributed by atoms with Crippen LogP contribution in [-0.2, 0) is 14.3 Å². The maximum atomic E-state index is 10.8. The highest BCUT2D eigenvalue weighted by molar-refractivity contribution is 9.10. The smallest absolute Gasteiger partial charge is 0.331 e. The van der Waals surface area contributed by atoms with Crippen LogP contribution in [0.4, 0.5) is 0 Å². The van der Waals surface area contributed by atoms with Crippen LogP contribution in [0.15, 0.2) is 12.2 Å². The van der Waals surface area contributed by atoms with Crippen LogP contribution < -0.4 is 0 Å². The van der Waals surface area contributed by atoms with Gasteiger partial charge in [-0.15, -0.1) is 0 Å². The number of carboxylic acids is 1. The molecule has 0 aromatic heterocycles. The van der Waals surface area contributed by atoms with E-state index in [-0.39, 0.29) is 23.4 Å². The lowest BCUT2D eigenvalue weighted by atomic mass is 10.2. The Hall–Kier alpha value is -0.840. The number of aliphatic carboxylic acids is 1. The Kier molecular flexibility index (Phi) is 5.37. The van der Waals surface area contributed by atoms with Crippen molar-refractivity contribution in [1.29, 1.82) is 0 Å². The molecular formula is C8H11BrO4. The van der Waals surface area contributed by atoms with E-state index in [9.17, 15) is 9.59 Å². The highest BCUT2D eigenvalue weighted by Gasteiger charge is 2.10. The first kappa shape index (κ1) is 12.2. The van der Waals surface area contributed by atoms with Crippen molar-refractivity contribution < 1.29 is 19.4 Å². The van der Waals surface area contributed by atoms with E-state index in [1.54, 1.807) is 6.92 Å². The van der Waals surface area contributed by atoms with Crippen LogP contribution >= 0.6 is 15.9 Å². The number of esters is 1. The standard InChI is InChI=1S/C8H11BrO4/c1-5(7(10)11)3-4-13-8(12)6(2)9/h6H,1,3-4H2,2H3,(H,10,11). The molecule has 0 aliphatic heterocycles. The minimum atomic E-state index is -1.07. The maximum Gasteiger partial charge on any atom is 0.331 e. The molecule has 0 rings (SSSR count). The summed E-state index contributed by atoms with van der Waals surface area (Å²) in [5, 5.41) is 8.41. The summed E-state index contributed by atoms with van der Waals surface area (Å²) in [5.41, 5.74) is 0.0371. The third-order valence-corrected chi connectivity index (χ3v) is 1.65. The average molecular weight is 251 g/mol. The van der Waals surface area contributed by atoms with E-state index in [0.29, 0.717) is 0 Å². The van der Waals surface area contributed by atoms with Gasteiger partial charge in [0.25, 0.3) is 0 Å². The van der Waals surface area contributed by atoms with Gasteiger partial charge in [-0.1, -0.05) is 22.5 Å². The number of hydrogen-bond acceptors (Lipinski definition) is 3. The molecule has 0 aliphatic carbocycles. The number of ether oxygens (including phenoxy) is 1. The lowest BCUT2D eigenvalue weighted by Crippen LogP contribution is -2.15. The van der Waals surface area contributed by atoms with E-state index in [1.165, 1.54) is 0 Å². The first-order valence-corrected chi connectivity index (χ1v) is 4.58. The molecule has 4 nitrogen and oxygen atoms in total. The third kappa shape index (κ3) is 5.41. The van der Waals surface area contributed by atoms with Gasteiger partial charge < -0.3 is 9.84 Å². The molecule has 0 fully saturated rings. The molecule has 74 valence electrons. The molecule has 0 saturated carbocycles. The zero-order chi connectivity index (χ0) is 10.4. The first-order chi connectivity index (χ1) is 5.95. The number of carboxylic acid groups (broad SMARTS) is 1. The largest absolute Gasteiger partial charge is 0.478 e. The SMILES string of the molecule is C=C(CCOC(=O)C(C)Br)C(=O)O.